The number of hydrogen-bond donors (Lipinski definition) is 1. The number of aliphatic hydroxyl groups excluding tert-OH is 1. The molecule has 1 N–H and O–H groups in total. The Kier molecular flexibility index (Phi) is 9.25. The fourth-order valence-corrected chi connectivity index (χ4v) is 3.80. The number of β-amino-alcohol motifs (C(OH)–C–C–N with tert-alkyl or cyclic N) is 1. The number of rotatable bonds is 11. The maximum Gasteiger partial charge on any atom is 0.306 e. The first-order valence-electron chi connectivity index (χ1n) is 10.3. The van der Waals surface area contributed by atoms with E-state index in [1.807, 2.05) is 13.0 Å². The number of ether oxygens (including phenoxy) is 2. The van der Waals surface area contributed by atoms with E-state index in [0.717, 1.165) is 36.2 Å². The number of aryl methyl sites for hydroxylation is 1. The quantitative estimate of drug-likeness (QED) is 0.599. The molecule has 0 spiro atoms. The fraction of sp³-hybridized carbons (Fsp3) is 0.682. The highest BCUT2D eigenvalue weighted by atomic mass is 16.5. The Labute approximate surface area is 163 Å². The minimum atomic E-state index is -0.468. The number of nitrogens with zero attached hydrogens (tertiary/aromatic N) is 1. The summed E-state index contributed by atoms with van der Waals surface area (Å²) < 4.78 is 11.2. The van der Waals surface area contributed by atoms with Gasteiger partial charge >= 0.3 is 5.97 Å². The van der Waals surface area contributed by atoms with Crippen molar-refractivity contribution in [2.75, 3.05) is 32.8 Å². The smallest absolute Gasteiger partial charge is 0.306 e. The van der Waals surface area contributed by atoms with Crippen LogP contribution in [0, 0.1) is 6.92 Å². The van der Waals surface area contributed by atoms with Crippen LogP contribution in [0.5, 0.6) is 0 Å². The third-order valence-electron chi connectivity index (χ3n) is 5.21. The molecule has 1 aromatic carbocycles. The summed E-state index contributed by atoms with van der Waals surface area (Å²) in [7, 11) is 0. The average Bonchev–Trinajstić information content (AvgIpc) is 3.14. The predicted octanol–water partition coefficient (Wildman–Crippen LogP) is 3.42. The molecular formula is C22H35NO4. The van der Waals surface area contributed by atoms with Gasteiger partial charge in [-0.15, -0.1) is 0 Å². The van der Waals surface area contributed by atoms with Gasteiger partial charge < -0.3 is 19.5 Å². The first-order chi connectivity index (χ1) is 13.0. The Balaban J connectivity index is 1.97. The van der Waals surface area contributed by atoms with Crippen molar-refractivity contribution in [3.05, 3.63) is 34.9 Å². The van der Waals surface area contributed by atoms with E-state index < -0.39 is 6.10 Å². The molecule has 1 saturated heterocycles. The molecule has 1 aromatic rings. The summed E-state index contributed by atoms with van der Waals surface area (Å²) in [6.07, 6.45) is 3.75. The van der Waals surface area contributed by atoms with Crippen LogP contribution in [0.3, 0.4) is 0 Å². The van der Waals surface area contributed by atoms with Crippen molar-refractivity contribution < 1.29 is 19.4 Å². The number of carbonyl (C=O) groups excluding carboxylic acids is 1. The minimum absolute atomic E-state index is 0.0738. The third-order valence-corrected chi connectivity index (χ3v) is 5.21. The molecule has 0 aliphatic carbocycles. The van der Waals surface area contributed by atoms with Crippen molar-refractivity contribution in [3.63, 3.8) is 0 Å². The topological polar surface area (TPSA) is 59.0 Å². The van der Waals surface area contributed by atoms with Gasteiger partial charge in [-0.05, 0) is 69.3 Å². The summed E-state index contributed by atoms with van der Waals surface area (Å²) in [5.41, 5.74) is 3.44. The molecular weight excluding hydrogens is 342 g/mol. The van der Waals surface area contributed by atoms with Crippen LogP contribution in [-0.4, -0.2) is 54.9 Å². The SMILES string of the molecule is CCOC(=O)CCc1c(C)cccc1[C@@H](CC)OC[C@H](O)CN1CCCC1. The molecule has 0 radical (unpaired) electrons. The Hall–Kier alpha value is -1.43. The van der Waals surface area contributed by atoms with Gasteiger partial charge in [0, 0.05) is 13.0 Å². The Morgan fingerprint density at radius 3 is 2.67 bits per heavy atom. The normalized spacial score (nSPS) is 17.0. The lowest BCUT2D eigenvalue weighted by molar-refractivity contribution is -0.143. The van der Waals surface area contributed by atoms with Crippen molar-refractivity contribution in [2.45, 2.75) is 65.1 Å². The number of aliphatic hydroxyl groups is 1. The molecule has 152 valence electrons. The minimum Gasteiger partial charge on any atom is -0.466 e. The second-order valence-corrected chi connectivity index (χ2v) is 7.34. The van der Waals surface area contributed by atoms with Crippen LogP contribution < -0.4 is 0 Å². The molecule has 0 bridgehead atoms. The molecule has 2 rings (SSSR count). The molecule has 5 nitrogen and oxygen atoms in total. The summed E-state index contributed by atoms with van der Waals surface area (Å²) in [6, 6.07) is 6.18. The van der Waals surface area contributed by atoms with Gasteiger partial charge in [-0.3, -0.25) is 4.79 Å². The number of likely N-dealkylation sites (tertiary alicyclic amines) is 1. The van der Waals surface area contributed by atoms with E-state index in [9.17, 15) is 9.90 Å². The molecule has 0 unspecified atom stereocenters. The Morgan fingerprint density at radius 2 is 2.00 bits per heavy atom. The van der Waals surface area contributed by atoms with Crippen LogP contribution >= 0.6 is 0 Å². The highest BCUT2D eigenvalue weighted by molar-refractivity contribution is 5.69. The summed E-state index contributed by atoms with van der Waals surface area (Å²) in [6.45, 7) is 9.56. The van der Waals surface area contributed by atoms with Gasteiger partial charge in [0.05, 0.1) is 25.4 Å². The fourth-order valence-electron chi connectivity index (χ4n) is 3.80. The zero-order valence-corrected chi connectivity index (χ0v) is 17.1. The van der Waals surface area contributed by atoms with Gasteiger partial charge in [-0.25, -0.2) is 0 Å². The average molecular weight is 378 g/mol. The predicted molar refractivity (Wildman–Crippen MR) is 107 cm³/mol. The highest BCUT2D eigenvalue weighted by Crippen LogP contribution is 2.28. The van der Waals surface area contributed by atoms with E-state index in [2.05, 4.69) is 30.9 Å². The lowest BCUT2D eigenvalue weighted by Crippen LogP contribution is -2.33. The van der Waals surface area contributed by atoms with E-state index in [4.69, 9.17) is 9.47 Å². The van der Waals surface area contributed by atoms with Crippen LogP contribution in [0.15, 0.2) is 18.2 Å². The van der Waals surface area contributed by atoms with Gasteiger partial charge in [0.2, 0.25) is 0 Å². The molecule has 1 aliphatic heterocycles. The van der Waals surface area contributed by atoms with Gasteiger partial charge in [-0.1, -0.05) is 25.1 Å². The lowest BCUT2D eigenvalue weighted by atomic mass is 9.93. The summed E-state index contributed by atoms with van der Waals surface area (Å²) >= 11 is 0. The Bertz CT molecular complexity index is 584. The number of benzene rings is 1. The van der Waals surface area contributed by atoms with Gasteiger partial charge in [-0.2, -0.15) is 0 Å². The van der Waals surface area contributed by atoms with Gasteiger partial charge in [0.1, 0.15) is 0 Å². The van der Waals surface area contributed by atoms with E-state index >= 15 is 0 Å². The molecule has 5 heteroatoms. The molecule has 0 amide bonds. The van der Waals surface area contributed by atoms with Crippen LogP contribution in [0.1, 0.15) is 62.3 Å². The molecule has 1 fully saturated rings. The largest absolute Gasteiger partial charge is 0.466 e. The molecule has 0 aromatic heterocycles. The molecule has 2 atom stereocenters. The van der Waals surface area contributed by atoms with Crippen molar-refractivity contribution >= 4 is 5.97 Å². The van der Waals surface area contributed by atoms with Crippen molar-refractivity contribution in [3.8, 4) is 0 Å². The van der Waals surface area contributed by atoms with Crippen LogP contribution in [0.2, 0.25) is 0 Å². The van der Waals surface area contributed by atoms with E-state index in [0.29, 0.717) is 32.6 Å². The van der Waals surface area contributed by atoms with Crippen molar-refractivity contribution in [1.29, 1.82) is 0 Å². The maximum absolute atomic E-state index is 11.8. The van der Waals surface area contributed by atoms with Crippen LogP contribution in [0.4, 0.5) is 0 Å². The monoisotopic (exact) mass is 377 g/mol. The first kappa shape index (κ1) is 21.9. The summed E-state index contributed by atoms with van der Waals surface area (Å²) in [4.78, 5) is 14.1. The van der Waals surface area contributed by atoms with Crippen molar-refractivity contribution in [2.24, 2.45) is 0 Å². The maximum atomic E-state index is 11.8. The van der Waals surface area contributed by atoms with E-state index in [1.165, 1.54) is 12.8 Å². The second kappa shape index (κ2) is 11.4. The molecule has 1 heterocycles. The molecule has 1 aliphatic rings. The van der Waals surface area contributed by atoms with E-state index in [-0.39, 0.29) is 12.1 Å². The van der Waals surface area contributed by atoms with Crippen molar-refractivity contribution in [1.82, 2.24) is 4.90 Å². The third kappa shape index (κ3) is 6.91. The van der Waals surface area contributed by atoms with E-state index in [1.54, 1.807) is 0 Å². The lowest BCUT2D eigenvalue weighted by Gasteiger charge is -2.24. The number of esters is 1. The zero-order valence-electron chi connectivity index (χ0n) is 17.1. The summed E-state index contributed by atoms with van der Waals surface area (Å²) in [5.74, 6) is -0.165. The first-order valence-corrected chi connectivity index (χ1v) is 10.3. The second-order valence-electron chi connectivity index (χ2n) is 7.34. The van der Waals surface area contributed by atoms with Gasteiger partial charge in [0.25, 0.3) is 0 Å². The highest BCUT2D eigenvalue weighted by Gasteiger charge is 2.20. The number of carbonyl (C=O) groups is 1. The standard InChI is InChI=1S/C22H35NO4/c1-4-21(27-16-18(24)15-23-13-6-7-14-23)20-10-8-9-17(3)19(20)11-12-22(25)26-5-2/h8-10,18,21,24H,4-7,11-16H2,1-3H3/t18-,21-/m1/s1. The zero-order chi connectivity index (χ0) is 19.6. The Morgan fingerprint density at radius 1 is 1.26 bits per heavy atom. The molecule has 27 heavy (non-hydrogen) atoms. The van der Waals surface area contributed by atoms with Crippen LogP contribution in [-0.2, 0) is 20.7 Å². The summed E-state index contributed by atoms with van der Waals surface area (Å²) in [5, 5.41) is 10.3. The number of hydrogen-bond acceptors (Lipinski definition) is 5. The molecule has 0 saturated carbocycles. The van der Waals surface area contributed by atoms with Gasteiger partial charge in [0.15, 0.2) is 0 Å². The van der Waals surface area contributed by atoms with Crippen LogP contribution in [0.25, 0.3) is 0 Å².